The molecule has 0 radical (unpaired) electrons. The van der Waals surface area contributed by atoms with Crippen LogP contribution in [0, 0.1) is 17.8 Å². The first-order valence-electron chi connectivity index (χ1n) is 14.0. The first-order chi connectivity index (χ1) is 17.4. The Morgan fingerprint density at radius 1 is 1.03 bits per heavy atom. The standard InChI is InChI=1S/C28H54N2O8/c1-16-13-27(6,34)25(38-22-12-21(29(8)9)11-17(2)37-22)18(3)23(31)19(4)26(33)36-15-28(7,35)24(32)20(5)30(10)14-16/h16-25,31-32,34-35H,11-15H2,1-10H3/t16-,17?,18+,19?,20?,21?,22?,23+,24?,25-,27?,28?/m1/s1. The van der Waals surface area contributed by atoms with Gasteiger partial charge in [-0.3, -0.25) is 4.79 Å². The summed E-state index contributed by atoms with van der Waals surface area (Å²) in [6.07, 6.45) is -2.00. The lowest BCUT2D eigenvalue weighted by atomic mass is 9.78. The third-order valence-corrected chi connectivity index (χ3v) is 8.65. The summed E-state index contributed by atoms with van der Waals surface area (Å²) in [4.78, 5) is 17.0. The number of hydrogen-bond acceptors (Lipinski definition) is 10. The van der Waals surface area contributed by atoms with Gasteiger partial charge in [0.25, 0.3) is 0 Å². The van der Waals surface area contributed by atoms with Crippen LogP contribution in [0.4, 0.5) is 0 Å². The van der Waals surface area contributed by atoms with E-state index in [1.807, 2.05) is 39.9 Å². The minimum absolute atomic E-state index is 0.0220. The molecule has 0 aromatic carbocycles. The fourth-order valence-corrected chi connectivity index (χ4v) is 6.09. The zero-order valence-electron chi connectivity index (χ0n) is 25.1. The van der Waals surface area contributed by atoms with Crippen LogP contribution in [0.1, 0.15) is 67.7 Å². The van der Waals surface area contributed by atoms with Gasteiger partial charge in [0, 0.05) is 31.0 Å². The molecule has 8 unspecified atom stereocenters. The molecular formula is C28H54N2O8. The van der Waals surface area contributed by atoms with E-state index in [-0.39, 0.29) is 18.1 Å². The van der Waals surface area contributed by atoms with Gasteiger partial charge in [-0.15, -0.1) is 0 Å². The van der Waals surface area contributed by atoms with Crippen molar-refractivity contribution in [3.8, 4) is 0 Å². The quantitative estimate of drug-likeness (QED) is 0.383. The zero-order chi connectivity index (χ0) is 29.2. The normalized spacial score (nSPS) is 47.3. The van der Waals surface area contributed by atoms with E-state index in [9.17, 15) is 25.2 Å². The summed E-state index contributed by atoms with van der Waals surface area (Å²) in [6.45, 7) is 12.4. The fourth-order valence-electron chi connectivity index (χ4n) is 6.09. The smallest absolute Gasteiger partial charge is 0.311 e. The topological polar surface area (TPSA) is 132 Å². The molecular weight excluding hydrogens is 492 g/mol. The van der Waals surface area contributed by atoms with Crippen LogP contribution >= 0.6 is 0 Å². The van der Waals surface area contributed by atoms with Crippen LogP contribution in [0.25, 0.3) is 0 Å². The molecule has 0 amide bonds. The molecule has 4 N–H and O–H groups in total. The van der Waals surface area contributed by atoms with Crippen molar-refractivity contribution in [1.29, 1.82) is 0 Å². The zero-order valence-corrected chi connectivity index (χ0v) is 25.1. The van der Waals surface area contributed by atoms with E-state index in [0.717, 1.165) is 6.42 Å². The molecule has 10 heteroatoms. The highest BCUT2D eigenvalue weighted by atomic mass is 16.7. The van der Waals surface area contributed by atoms with Gasteiger partial charge in [-0.25, -0.2) is 0 Å². The van der Waals surface area contributed by atoms with Crippen molar-refractivity contribution in [1.82, 2.24) is 9.80 Å². The van der Waals surface area contributed by atoms with E-state index < -0.39 is 66.3 Å². The van der Waals surface area contributed by atoms with Crippen LogP contribution in [-0.4, -0.2) is 124 Å². The molecule has 2 heterocycles. The summed E-state index contributed by atoms with van der Waals surface area (Å²) < 4.78 is 18.0. The number of likely N-dealkylation sites (N-methyl/N-ethyl adjacent to an activating group) is 1. The number of aliphatic hydroxyl groups excluding tert-OH is 2. The van der Waals surface area contributed by atoms with Crippen molar-refractivity contribution in [3.05, 3.63) is 0 Å². The maximum atomic E-state index is 12.9. The van der Waals surface area contributed by atoms with Crippen LogP contribution < -0.4 is 0 Å². The predicted molar refractivity (Wildman–Crippen MR) is 144 cm³/mol. The molecule has 224 valence electrons. The molecule has 2 aliphatic rings. The largest absolute Gasteiger partial charge is 0.462 e. The number of ether oxygens (including phenoxy) is 3. The Bertz CT molecular complexity index is 763. The molecule has 0 bridgehead atoms. The van der Waals surface area contributed by atoms with Crippen LogP contribution in [-0.2, 0) is 19.0 Å². The molecule has 2 aliphatic heterocycles. The minimum atomic E-state index is -1.68. The van der Waals surface area contributed by atoms with E-state index in [4.69, 9.17) is 14.2 Å². The summed E-state index contributed by atoms with van der Waals surface area (Å²) in [6, 6.07) is -0.200. The monoisotopic (exact) mass is 546 g/mol. The maximum absolute atomic E-state index is 12.9. The third-order valence-electron chi connectivity index (χ3n) is 8.65. The number of cyclic esters (lactones) is 1. The molecule has 2 saturated heterocycles. The summed E-state index contributed by atoms with van der Waals surface area (Å²) in [5.41, 5.74) is -3.05. The molecule has 0 aromatic heterocycles. The Labute approximate surface area is 229 Å². The molecule has 2 fully saturated rings. The first-order valence-corrected chi connectivity index (χ1v) is 14.0. The lowest BCUT2D eigenvalue weighted by molar-refractivity contribution is -0.267. The SMILES string of the molecule is CC1CC(N(C)C)CC(O[C@@H]2[C@@H](C)[C@H](O)C(C)C(=O)OCC(C)(O)C(O)C(C)N(C)C[C@H](C)CC2(C)O)O1. The number of hydrogen-bond donors (Lipinski definition) is 4. The molecule has 0 aromatic rings. The highest BCUT2D eigenvalue weighted by Crippen LogP contribution is 2.35. The van der Waals surface area contributed by atoms with Crippen LogP contribution in [0.2, 0.25) is 0 Å². The molecule has 12 atom stereocenters. The average Bonchev–Trinajstić information content (AvgIpc) is 2.81. The van der Waals surface area contributed by atoms with Crippen LogP contribution in [0.3, 0.4) is 0 Å². The Hall–Kier alpha value is -0.850. The second-order valence-corrected chi connectivity index (χ2v) is 12.9. The van der Waals surface area contributed by atoms with Gasteiger partial charge in [-0.1, -0.05) is 13.8 Å². The average molecular weight is 547 g/mol. The van der Waals surface area contributed by atoms with Gasteiger partial charge in [0.2, 0.25) is 0 Å². The van der Waals surface area contributed by atoms with Crippen molar-refractivity contribution >= 4 is 5.97 Å². The van der Waals surface area contributed by atoms with E-state index >= 15 is 0 Å². The Morgan fingerprint density at radius 3 is 2.21 bits per heavy atom. The molecule has 38 heavy (non-hydrogen) atoms. The van der Waals surface area contributed by atoms with Crippen LogP contribution in [0.15, 0.2) is 0 Å². The van der Waals surface area contributed by atoms with E-state index in [1.54, 1.807) is 27.7 Å². The van der Waals surface area contributed by atoms with Crippen molar-refractivity contribution in [3.63, 3.8) is 0 Å². The third kappa shape index (κ3) is 8.33. The highest BCUT2D eigenvalue weighted by Gasteiger charge is 2.46. The second-order valence-electron chi connectivity index (χ2n) is 12.9. The van der Waals surface area contributed by atoms with Gasteiger partial charge in [0.15, 0.2) is 6.29 Å². The molecule has 10 nitrogen and oxygen atoms in total. The predicted octanol–water partition coefficient (Wildman–Crippen LogP) is 1.23. The Balaban J connectivity index is 2.41. The van der Waals surface area contributed by atoms with Crippen molar-refractivity contribution < 1.29 is 39.4 Å². The number of esters is 1. The number of rotatable bonds is 3. The molecule has 2 rings (SSSR count). The van der Waals surface area contributed by atoms with Crippen molar-refractivity contribution in [2.45, 2.75) is 122 Å². The summed E-state index contributed by atoms with van der Waals surface area (Å²) in [7, 11) is 5.89. The fraction of sp³-hybridized carbons (Fsp3) is 0.964. The van der Waals surface area contributed by atoms with Crippen LogP contribution in [0.5, 0.6) is 0 Å². The first kappa shape index (κ1) is 33.4. The summed E-state index contributed by atoms with van der Waals surface area (Å²) in [5.74, 6) is -2.32. The van der Waals surface area contributed by atoms with Gasteiger partial charge >= 0.3 is 5.97 Å². The van der Waals surface area contributed by atoms with E-state index in [0.29, 0.717) is 19.4 Å². The lowest BCUT2D eigenvalue weighted by Gasteiger charge is -2.45. The maximum Gasteiger partial charge on any atom is 0.311 e. The van der Waals surface area contributed by atoms with Gasteiger partial charge < -0.3 is 44.4 Å². The van der Waals surface area contributed by atoms with Gasteiger partial charge in [-0.05, 0) is 74.5 Å². The second kappa shape index (κ2) is 13.2. The minimum Gasteiger partial charge on any atom is -0.462 e. The molecule has 0 saturated carbocycles. The van der Waals surface area contributed by atoms with E-state index in [1.165, 1.54) is 6.92 Å². The Kier molecular flexibility index (Phi) is 11.6. The number of nitrogens with zero attached hydrogens (tertiary/aromatic N) is 2. The Morgan fingerprint density at radius 2 is 1.63 bits per heavy atom. The van der Waals surface area contributed by atoms with Gasteiger partial charge in [0.05, 0.1) is 29.8 Å². The highest BCUT2D eigenvalue weighted by molar-refractivity contribution is 5.72. The number of aliphatic hydroxyl groups is 4. The number of carbonyl (C=O) groups is 1. The lowest BCUT2D eigenvalue weighted by Crippen LogP contribution is -2.55. The summed E-state index contributed by atoms with van der Waals surface area (Å²) in [5, 5.41) is 44.9. The van der Waals surface area contributed by atoms with Crippen molar-refractivity contribution in [2.75, 3.05) is 34.3 Å². The van der Waals surface area contributed by atoms with Gasteiger partial charge in [0.1, 0.15) is 18.3 Å². The molecule has 0 aliphatic carbocycles. The molecule has 0 spiro atoms. The summed E-state index contributed by atoms with van der Waals surface area (Å²) >= 11 is 0. The number of carbonyl (C=O) groups excluding carboxylic acids is 1. The van der Waals surface area contributed by atoms with Gasteiger partial charge in [-0.2, -0.15) is 0 Å². The van der Waals surface area contributed by atoms with E-state index in [2.05, 4.69) is 4.90 Å². The van der Waals surface area contributed by atoms with Crippen molar-refractivity contribution in [2.24, 2.45) is 17.8 Å².